The quantitative estimate of drug-likeness (QED) is 0.598. The number of benzene rings is 1. The summed E-state index contributed by atoms with van der Waals surface area (Å²) in [6.45, 7) is 5.51. The number of hydrogen-bond donors (Lipinski definition) is 1. The van der Waals surface area contributed by atoms with Crippen LogP contribution in [0.2, 0.25) is 0 Å². The maximum absolute atomic E-state index is 13.2. The number of alkyl halides is 3. The molecule has 0 saturated heterocycles. The molecular formula is C21H18F3N5OS2. The van der Waals surface area contributed by atoms with Crippen LogP contribution in [0.25, 0.3) is 11.8 Å². The van der Waals surface area contributed by atoms with Crippen LogP contribution in [0.5, 0.6) is 0 Å². The van der Waals surface area contributed by atoms with Crippen LogP contribution in [0.1, 0.15) is 29.4 Å². The minimum atomic E-state index is -4.45. The first-order valence-electron chi connectivity index (χ1n) is 9.59. The Bertz CT molecular complexity index is 1230. The number of hydrogen-bond acceptors (Lipinski definition) is 5. The Hall–Kier alpha value is -2.79. The fourth-order valence-electron chi connectivity index (χ4n) is 3.46. The Morgan fingerprint density at radius 2 is 2.00 bits per heavy atom. The molecule has 6 nitrogen and oxygen atoms in total. The lowest BCUT2D eigenvalue weighted by atomic mass is 10.1. The second kappa shape index (κ2) is 8.28. The zero-order valence-electron chi connectivity index (χ0n) is 17.3. The maximum Gasteiger partial charge on any atom is 0.416 e. The molecular weight excluding hydrogens is 459 g/mol. The average Bonchev–Trinajstić information content (AvgIpc) is 3.25. The normalized spacial score (nSPS) is 17.7. The number of amidine groups is 2. The number of thioether (sulfide) groups is 2. The molecule has 1 N–H and O–H groups in total. The van der Waals surface area contributed by atoms with Gasteiger partial charge in [0.25, 0.3) is 5.91 Å². The summed E-state index contributed by atoms with van der Waals surface area (Å²) in [7, 11) is 0. The third kappa shape index (κ3) is 4.02. The van der Waals surface area contributed by atoms with Crippen LogP contribution in [-0.2, 0) is 11.0 Å². The van der Waals surface area contributed by atoms with Crippen molar-refractivity contribution in [2.45, 2.75) is 26.9 Å². The molecule has 32 heavy (non-hydrogen) atoms. The number of aliphatic imine (C=N–C) groups is 1. The van der Waals surface area contributed by atoms with Gasteiger partial charge in [-0.3, -0.25) is 10.2 Å². The van der Waals surface area contributed by atoms with Crippen LogP contribution in [-0.4, -0.2) is 36.6 Å². The third-order valence-electron chi connectivity index (χ3n) is 4.91. The lowest BCUT2D eigenvalue weighted by Crippen LogP contribution is -2.35. The fourth-order valence-corrected chi connectivity index (χ4v) is 5.29. The molecule has 2 aliphatic rings. The van der Waals surface area contributed by atoms with Gasteiger partial charge in [0.15, 0.2) is 10.2 Å². The van der Waals surface area contributed by atoms with E-state index in [0.29, 0.717) is 32.2 Å². The monoisotopic (exact) mass is 477 g/mol. The summed E-state index contributed by atoms with van der Waals surface area (Å²) in [5, 5.41) is 14.5. The second-order valence-corrected chi connectivity index (χ2v) is 9.50. The van der Waals surface area contributed by atoms with Crippen molar-refractivity contribution in [1.29, 1.82) is 5.41 Å². The number of amides is 1. The van der Waals surface area contributed by atoms with E-state index in [4.69, 9.17) is 5.41 Å². The number of nitrogens with zero attached hydrogens (tertiary/aromatic N) is 4. The highest BCUT2D eigenvalue weighted by molar-refractivity contribution is 8.45. The van der Waals surface area contributed by atoms with E-state index in [2.05, 4.69) is 10.1 Å². The Kier molecular flexibility index (Phi) is 5.80. The minimum Gasteiger partial charge on any atom is -0.318 e. The Morgan fingerprint density at radius 1 is 1.25 bits per heavy atom. The SMILES string of the molecule is CCSC1=NN2C(=N)C(=Cc3cc(C)n(-c4cccc(C(F)(F)F)c4)c3C)C(=O)N=C2S1. The molecule has 0 radical (unpaired) electrons. The lowest BCUT2D eigenvalue weighted by Gasteiger charge is -2.20. The van der Waals surface area contributed by atoms with Gasteiger partial charge >= 0.3 is 6.18 Å². The topological polar surface area (TPSA) is 73.8 Å². The summed E-state index contributed by atoms with van der Waals surface area (Å²) in [5.41, 5.74) is 1.66. The van der Waals surface area contributed by atoms with Gasteiger partial charge in [-0.1, -0.05) is 24.8 Å². The summed E-state index contributed by atoms with van der Waals surface area (Å²) in [4.78, 5) is 16.7. The highest BCUT2D eigenvalue weighted by Gasteiger charge is 2.36. The standard InChI is InChI=1S/C21H18F3N5OS2/c1-4-31-20-27-29-17(25)16(18(30)26-19(29)32-20)9-13-8-11(2)28(12(13)3)15-7-5-6-14(10-15)21(22,23)24/h5-10,25H,4H2,1-3H3. The van der Waals surface area contributed by atoms with Crippen molar-refractivity contribution < 1.29 is 18.0 Å². The van der Waals surface area contributed by atoms with E-state index in [0.717, 1.165) is 17.9 Å². The van der Waals surface area contributed by atoms with E-state index in [1.807, 2.05) is 6.92 Å². The third-order valence-corrected chi connectivity index (χ3v) is 6.83. The van der Waals surface area contributed by atoms with Crippen LogP contribution in [0.15, 0.2) is 46.0 Å². The Labute approximate surface area is 190 Å². The summed E-state index contributed by atoms with van der Waals surface area (Å²) < 4.78 is 41.9. The fraction of sp³-hybridized carbons (Fsp3) is 0.238. The number of hydrazone groups is 1. The molecule has 0 bridgehead atoms. The lowest BCUT2D eigenvalue weighted by molar-refractivity contribution is -0.137. The molecule has 0 saturated carbocycles. The van der Waals surface area contributed by atoms with Crippen LogP contribution in [0, 0.1) is 19.3 Å². The number of aryl methyl sites for hydroxylation is 1. The van der Waals surface area contributed by atoms with Crippen LogP contribution < -0.4 is 0 Å². The number of fused-ring (bicyclic) bond motifs is 1. The summed E-state index contributed by atoms with van der Waals surface area (Å²) in [6.07, 6.45) is -2.90. The van der Waals surface area contributed by atoms with Gasteiger partial charge in [0.05, 0.1) is 11.1 Å². The zero-order valence-corrected chi connectivity index (χ0v) is 19.0. The number of carbonyl (C=O) groups excluding carboxylic acids is 1. The first-order chi connectivity index (χ1) is 15.1. The smallest absolute Gasteiger partial charge is 0.318 e. The summed E-state index contributed by atoms with van der Waals surface area (Å²) in [5.74, 6) is 0.178. The first-order valence-corrected chi connectivity index (χ1v) is 11.4. The molecule has 166 valence electrons. The van der Waals surface area contributed by atoms with Gasteiger partial charge in [-0.15, -0.1) is 5.10 Å². The molecule has 2 aromatic rings. The molecule has 0 unspecified atom stereocenters. The Morgan fingerprint density at radius 3 is 2.69 bits per heavy atom. The van der Waals surface area contributed by atoms with Gasteiger partial charge < -0.3 is 4.57 Å². The van der Waals surface area contributed by atoms with Crippen molar-refractivity contribution >= 4 is 50.9 Å². The molecule has 1 amide bonds. The van der Waals surface area contributed by atoms with Crippen molar-refractivity contribution in [2.24, 2.45) is 10.1 Å². The molecule has 0 aliphatic carbocycles. The van der Waals surface area contributed by atoms with Crippen molar-refractivity contribution in [3.8, 4) is 5.69 Å². The van der Waals surface area contributed by atoms with Crippen LogP contribution in [0.3, 0.4) is 0 Å². The van der Waals surface area contributed by atoms with Crippen LogP contribution >= 0.6 is 23.5 Å². The number of carbonyl (C=O) groups is 1. The van der Waals surface area contributed by atoms with E-state index in [1.165, 1.54) is 34.6 Å². The van der Waals surface area contributed by atoms with Crippen molar-refractivity contribution in [3.05, 3.63) is 58.4 Å². The van der Waals surface area contributed by atoms with E-state index in [1.54, 1.807) is 36.6 Å². The molecule has 0 atom stereocenters. The number of rotatable bonds is 3. The summed E-state index contributed by atoms with van der Waals surface area (Å²) >= 11 is 2.75. The number of nitrogens with one attached hydrogen (secondary N) is 1. The molecule has 2 aliphatic heterocycles. The van der Waals surface area contributed by atoms with E-state index >= 15 is 0 Å². The number of aromatic nitrogens is 1. The highest BCUT2D eigenvalue weighted by Crippen LogP contribution is 2.34. The van der Waals surface area contributed by atoms with Gasteiger partial charge in [-0.2, -0.15) is 23.2 Å². The van der Waals surface area contributed by atoms with Crippen molar-refractivity contribution in [3.63, 3.8) is 0 Å². The Balaban J connectivity index is 1.73. The van der Waals surface area contributed by atoms with E-state index < -0.39 is 17.6 Å². The molecule has 4 rings (SSSR count). The van der Waals surface area contributed by atoms with E-state index in [9.17, 15) is 18.0 Å². The van der Waals surface area contributed by atoms with Gasteiger partial charge in [-0.05, 0) is 67.3 Å². The van der Waals surface area contributed by atoms with Gasteiger partial charge in [0.1, 0.15) is 0 Å². The molecule has 1 aromatic heterocycles. The summed E-state index contributed by atoms with van der Waals surface area (Å²) in [6, 6.07) is 6.84. The largest absolute Gasteiger partial charge is 0.416 e. The molecule has 11 heteroatoms. The molecule has 0 spiro atoms. The van der Waals surface area contributed by atoms with Gasteiger partial charge in [0.2, 0.25) is 5.17 Å². The predicted molar refractivity (Wildman–Crippen MR) is 123 cm³/mol. The second-order valence-electron chi connectivity index (χ2n) is 7.03. The van der Waals surface area contributed by atoms with Crippen LogP contribution in [0.4, 0.5) is 13.2 Å². The predicted octanol–water partition coefficient (Wildman–Crippen LogP) is 5.44. The van der Waals surface area contributed by atoms with Crippen molar-refractivity contribution in [2.75, 3.05) is 5.75 Å². The molecule has 3 heterocycles. The van der Waals surface area contributed by atoms with Gasteiger partial charge in [-0.25, -0.2) is 0 Å². The van der Waals surface area contributed by atoms with Crippen molar-refractivity contribution in [1.82, 2.24) is 9.58 Å². The maximum atomic E-state index is 13.2. The van der Waals surface area contributed by atoms with E-state index in [-0.39, 0.29) is 11.4 Å². The molecule has 0 fully saturated rings. The average molecular weight is 478 g/mol. The van der Waals surface area contributed by atoms with Gasteiger partial charge in [0, 0.05) is 17.1 Å². The minimum absolute atomic E-state index is 0.0742. The number of halogens is 3. The zero-order chi connectivity index (χ0) is 23.2. The highest BCUT2D eigenvalue weighted by atomic mass is 32.2. The molecule has 1 aromatic carbocycles. The first kappa shape index (κ1) is 22.4.